The third kappa shape index (κ3) is 4.55. The molecular formula is C24H37N5O3. The van der Waals surface area contributed by atoms with Crippen molar-refractivity contribution in [2.45, 2.75) is 109 Å². The summed E-state index contributed by atoms with van der Waals surface area (Å²) in [6, 6.07) is 1.95. The number of aromatic nitrogens is 2. The van der Waals surface area contributed by atoms with E-state index in [1.165, 1.54) is 6.42 Å². The molecule has 1 aromatic heterocycles. The van der Waals surface area contributed by atoms with Crippen LogP contribution in [0.4, 0.5) is 0 Å². The lowest BCUT2D eigenvalue weighted by atomic mass is 9.94. The molecule has 1 atom stereocenters. The van der Waals surface area contributed by atoms with Crippen LogP contribution in [0.5, 0.6) is 0 Å². The highest BCUT2D eigenvalue weighted by molar-refractivity contribution is 6.02. The van der Waals surface area contributed by atoms with Crippen LogP contribution in [0.1, 0.15) is 105 Å². The van der Waals surface area contributed by atoms with Gasteiger partial charge in [0.1, 0.15) is 11.2 Å². The van der Waals surface area contributed by atoms with Crippen molar-refractivity contribution < 1.29 is 14.4 Å². The number of nitrogens with zero attached hydrogens (tertiary/aromatic N) is 3. The molecule has 2 fully saturated rings. The molecule has 8 heteroatoms. The van der Waals surface area contributed by atoms with Gasteiger partial charge in [0.05, 0.1) is 6.54 Å². The van der Waals surface area contributed by atoms with Gasteiger partial charge in [-0.1, -0.05) is 45.4 Å². The van der Waals surface area contributed by atoms with E-state index in [1.54, 1.807) is 15.6 Å². The van der Waals surface area contributed by atoms with E-state index < -0.39 is 5.54 Å². The summed E-state index contributed by atoms with van der Waals surface area (Å²) in [6.45, 7) is 4.67. The topological polar surface area (TPSA) is 96.3 Å². The molecule has 2 aliphatic carbocycles. The molecule has 3 amide bonds. The third-order valence-electron chi connectivity index (χ3n) is 7.39. The zero-order valence-electron chi connectivity index (χ0n) is 19.5. The molecule has 8 nitrogen and oxygen atoms in total. The molecule has 0 spiro atoms. The highest BCUT2D eigenvalue weighted by atomic mass is 16.2. The molecule has 1 unspecified atom stereocenters. The summed E-state index contributed by atoms with van der Waals surface area (Å²) < 4.78 is 1.56. The van der Waals surface area contributed by atoms with Crippen molar-refractivity contribution in [2.24, 2.45) is 0 Å². The fourth-order valence-electron chi connectivity index (χ4n) is 5.34. The average molecular weight is 444 g/mol. The van der Waals surface area contributed by atoms with Gasteiger partial charge in [-0.05, 0) is 39.0 Å². The number of rotatable bonds is 7. The molecule has 2 saturated carbocycles. The van der Waals surface area contributed by atoms with Crippen LogP contribution in [-0.2, 0) is 11.3 Å². The second kappa shape index (κ2) is 9.63. The summed E-state index contributed by atoms with van der Waals surface area (Å²) in [6.07, 6.45) is 11.4. The second-order valence-corrected chi connectivity index (χ2v) is 9.92. The first-order valence-corrected chi connectivity index (χ1v) is 12.4. The van der Waals surface area contributed by atoms with Crippen LogP contribution in [0.15, 0.2) is 6.07 Å². The van der Waals surface area contributed by atoms with Crippen LogP contribution >= 0.6 is 0 Å². The van der Waals surface area contributed by atoms with E-state index in [0.29, 0.717) is 12.2 Å². The molecule has 0 saturated heterocycles. The smallest absolute Gasteiger partial charge is 0.273 e. The van der Waals surface area contributed by atoms with Gasteiger partial charge in [-0.15, -0.1) is 0 Å². The highest BCUT2D eigenvalue weighted by Crippen LogP contribution is 2.29. The Balaban J connectivity index is 1.56. The van der Waals surface area contributed by atoms with Crippen molar-refractivity contribution in [2.75, 3.05) is 6.54 Å². The van der Waals surface area contributed by atoms with Gasteiger partial charge in [0.2, 0.25) is 5.91 Å². The van der Waals surface area contributed by atoms with Gasteiger partial charge in [0, 0.05) is 24.7 Å². The van der Waals surface area contributed by atoms with Gasteiger partial charge in [-0.2, -0.15) is 5.10 Å². The summed E-state index contributed by atoms with van der Waals surface area (Å²) in [5.74, 6) is -0.579. The molecule has 0 bridgehead atoms. The molecule has 4 rings (SSSR count). The number of hydrogen-bond donors (Lipinski definition) is 2. The Bertz CT molecular complexity index is 854. The number of nitrogens with one attached hydrogen (secondary N) is 2. The predicted octanol–water partition coefficient (Wildman–Crippen LogP) is 3.02. The Kier molecular flexibility index (Phi) is 6.86. The van der Waals surface area contributed by atoms with Gasteiger partial charge in [-0.25, -0.2) is 0 Å². The van der Waals surface area contributed by atoms with E-state index >= 15 is 0 Å². The van der Waals surface area contributed by atoms with Crippen LogP contribution in [0, 0.1) is 0 Å². The van der Waals surface area contributed by atoms with Crippen molar-refractivity contribution in [3.05, 3.63) is 17.5 Å². The number of carbonyl (C=O) groups excluding carboxylic acids is 3. The van der Waals surface area contributed by atoms with Gasteiger partial charge in [-0.3, -0.25) is 19.1 Å². The van der Waals surface area contributed by atoms with E-state index in [9.17, 15) is 14.4 Å². The zero-order valence-corrected chi connectivity index (χ0v) is 19.5. The zero-order chi connectivity index (χ0) is 22.7. The molecule has 3 aliphatic rings. The summed E-state index contributed by atoms with van der Waals surface area (Å²) in [5.41, 5.74) is -0.374. The summed E-state index contributed by atoms with van der Waals surface area (Å²) in [5, 5.41) is 10.7. The Morgan fingerprint density at radius 2 is 1.69 bits per heavy atom. The monoisotopic (exact) mass is 443 g/mol. The predicted molar refractivity (Wildman–Crippen MR) is 121 cm³/mol. The maximum Gasteiger partial charge on any atom is 0.273 e. The average Bonchev–Trinajstić information content (AvgIpc) is 3.44. The molecule has 32 heavy (non-hydrogen) atoms. The molecule has 2 N–H and O–H groups in total. The van der Waals surface area contributed by atoms with Crippen LogP contribution in [0.2, 0.25) is 0 Å². The number of hydrogen-bond acceptors (Lipinski definition) is 4. The molecule has 1 aromatic rings. The lowest BCUT2D eigenvalue weighted by Crippen LogP contribution is -2.65. The molecular weight excluding hydrogens is 406 g/mol. The van der Waals surface area contributed by atoms with Crippen LogP contribution in [0.3, 0.4) is 0 Å². The fraction of sp³-hybridized carbons (Fsp3) is 0.750. The van der Waals surface area contributed by atoms with E-state index in [1.807, 2.05) is 6.92 Å². The summed E-state index contributed by atoms with van der Waals surface area (Å²) in [7, 11) is 0. The minimum absolute atomic E-state index is 0.122. The first kappa shape index (κ1) is 22.8. The number of fused-ring (bicyclic) bond motifs is 1. The van der Waals surface area contributed by atoms with Crippen LogP contribution < -0.4 is 10.6 Å². The van der Waals surface area contributed by atoms with Crippen molar-refractivity contribution in [3.63, 3.8) is 0 Å². The lowest BCUT2D eigenvalue weighted by Gasteiger charge is -2.43. The Labute approximate surface area is 190 Å². The lowest BCUT2D eigenvalue weighted by molar-refractivity contribution is -0.133. The third-order valence-corrected chi connectivity index (χ3v) is 7.39. The number of unbranched alkanes of at least 4 members (excludes halogenated alkanes) is 1. The Morgan fingerprint density at radius 3 is 2.34 bits per heavy atom. The summed E-state index contributed by atoms with van der Waals surface area (Å²) >= 11 is 0. The van der Waals surface area contributed by atoms with Crippen LogP contribution in [-0.4, -0.2) is 56.6 Å². The fourth-order valence-corrected chi connectivity index (χ4v) is 5.34. The minimum Gasteiger partial charge on any atom is -0.351 e. The molecule has 0 radical (unpaired) electrons. The van der Waals surface area contributed by atoms with Gasteiger partial charge in [0.25, 0.3) is 11.8 Å². The Hall–Kier alpha value is -2.38. The minimum atomic E-state index is -1.02. The maximum absolute atomic E-state index is 13.5. The standard InChI is InChI=1S/C24H37N5O3/c1-3-4-14-28-22(31)20-15-19(21(30)25-17-10-6-5-7-11-17)27-29(20)16-24(28,2)23(32)26-18-12-8-9-13-18/h15,17-18H,3-14,16H2,1-2H3,(H,25,30)(H,26,32). The first-order chi connectivity index (χ1) is 15.4. The van der Waals surface area contributed by atoms with Crippen molar-refractivity contribution in [3.8, 4) is 0 Å². The second-order valence-electron chi connectivity index (χ2n) is 9.92. The van der Waals surface area contributed by atoms with Crippen molar-refractivity contribution in [1.29, 1.82) is 0 Å². The molecule has 176 valence electrons. The van der Waals surface area contributed by atoms with Crippen molar-refractivity contribution >= 4 is 17.7 Å². The quantitative estimate of drug-likeness (QED) is 0.677. The Morgan fingerprint density at radius 1 is 1.06 bits per heavy atom. The normalized spacial score (nSPS) is 24.4. The first-order valence-electron chi connectivity index (χ1n) is 12.4. The molecule has 0 aromatic carbocycles. The molecule has 2 heterocycles. The van der Waals surface area contributed by atoms with E-state index in [4.69, 9.17) is 0 Å². The maximum atomic E-state index is 13.5. The summed E-state index contributed by atoms with van der Waals surface area (Å²) in [4.78, 5) is 41.4. The van der Waals surface area contributed by atoms with Gasteiger partial charge >= 0.3 is 0 Å². The van der Waals surface area contributed by atoms with E-state index in [-0.39, 0.29) is 42.0 Å². The van der Waals surface area contributed by atoms with Gasteiger partial charge < -0.3 is 15.5 Å². The SMILES string of the molecule is CCCCN1C(=O)c2cc(C(=O)NC3CCCCC3)nn2CC1(C)C(=O)NC1CCCC1. The van der Waals surface area contributed by atoms with Crippen molar-refractivity contribution in [1.82, 2.24) is 25.3 Å². The van der Waals surface area contributed by atoms with E-state index in [0.717, 1.165) is 64.2 Å². The number of amides is 3. The highest BCUT2D eigenvalue weighted by Gasteiger charge is 2.48. The number of carbonyl (C=O) groups is 3. The van der Waals surface area contributed by atoms with Gasteiger partial charge in [0.15, 0.2) is 5.69 Å². The molecule has 1 aliphatic heterocycles. The van der Waals surface area contributed by atoms with Crippen LogP contribution in [0.25, 0.3) is 0 Å². The van der Waals surface area contributed by atoms with E-state index in [2.05, 4.69) is 22.7 Å². The largest absolute Gasteiger partial charge is 0.351 e.